The molecule has 0 spiro atoms. The molecule has 0 saturated carbocycles. The van der Waals surface area contributed by atoms with Gasteiger partial charge in [0.1, 0.15) is 10.8 Å². The first-order chi connectivity index (χ1) is 21.7. The van der Waals surface area contributed by atoms with E-state index in [9.17, 15) is 18.3 Å². The van der Waals surface area contributed by atoms with Crippen molar-refractivity contribution in [2.24, 2.45) is 0 Å². The number of carboxylic acids is 1. The number of hydrogen-bond donors (Lipinski definition) is 2. The Hall–Kier alpha value is -4.17. The lowest BCUT2D eigenvalue weighted by Crippen LogP contribution is -2.41. The zero-order valence-electron chi connectivity index (χ0n) is 24.7. The topological polar surface area (TPSA) is 118 Å². The van der Waals surface area contributed by atoms with Crippen LogP contribution in [0.4, 0.5) is 10.1 Å². The molecule has 0 unspecified atom stereocenters. The van der Waals surface area contributed by atoms with Crippen LogP contribution in [-0.4, -0.2) is 42.9 Å². The van der Waals surface area contributed by atoms with Crippen molar-refractivity contribution in [3.63, 3.8) is 0 Å². The van der Waals surface area contributed by atoms with Crippen molar-refractivity contribution >= 4 is 61.2 Å². The second kappa shape index (κ2) is 12.7. The minimum absolute atomic E-state index is 0.126. The van der Waals surface area contributed by atoms with Crippen molar-refractivity contribution in [3.05, 3.63) is 83.8 Å². The predicted octanol–water partition coefficient (Wildman–Crippen LogP) is 5.92. The average molecular weight is 652 g/mol. The molecule has 0 aliphatic carbocycles. The normalized spacial score (nSPS) is 14.4. The summed E-state index contributed by atoms with van der Waals surface area (Å²) < 4.78 is 55.8. The van der Waals surface area contributed by atoms with Crippen molar-refractivity contribution in [2.75, 3.05) is 23.7 Å². The van der Waals surface area contributed by atoms with Gasteiger partial charge in [0.15, 0.2) is 17.6 Å². The molecule has 0 bridgehead atoms. The number of nitrogens with one attached hydrogen (secondary N) is 1. The van der Waals surface area contributed by atoms with Crippen LogP contribution in [0.5, 0.6) is 0 Å². The Kier molecular flexibility index (Phi) is 8.69. The summed E-state index contributed by atoms with van der Waals surface area (Å²) in [5, 5.41) is 11.9. The summed E-state index contributed by atoms with van der Waals surface area (Å²) in [4.78, 5) is 14.7. The van der Waals surface area contributed by atoms with E-state index in [1.54, 1.807) is 28.7 Å². The molecule has 1 aliphatic heterocycles. The molecule has 5 aromatic rings. The fourth-order valence-electron chi connectivity index (χ4n) is 5.71. The van der Waals surface area contributed by atoms with Crippen LogP contribution in [0.3, 0.4) is 0 Å². The number of carbonyl (C=O) groups is 1. The molecule has 10 nitrogen and oxygen atoms in total. The van der Waals surface area contributed by atoms with E-state index in [0.717, 1.165) is 21.2 Å². The summed E-state index contributed by atoms with van der Waals surface area (Å²) in [5.74, 6) is -1.23. The summed E-state index contributed by atoms with van der Waals surface area (Å²) in [5.41, 5.74) is 5.19. The number of nitrogens with zero attached hydrogens (tertiary/aromatic N) is 3. The van der Waals surface area contributed by atoms with Crippen LogP contribution < -0.4 is 14.9 Å². The summed E-state index contributed by atoms with van der Waals surface area (Å²) in [6, 6.07) is 20.7. The maximum absolute atomic E-state index is 17.3. The monoisotopic (exact) mass is 651 g/mol. The molecular weight excluding hydrogens is 620 g/mol. The Morgan fingerprint density at radius 1 is 1.11 bits per heavy atom. The molecule has 6 rings (SSSR count). The number of carboxylic acid groups (broad SMARTS) is 1. The van der Waals surface area contributed by atoms with E-state index in [0.29, 0.717) is 35.6 Å². The van der Waals surface area contributed by atoms with Gasteiger partial charge in [-0.25, -0.2) is 13.9 Å². The largest absolute Gasteiger partial charge is 0.478 e. The van der Waals surface area contributed by atoms with Crippen molar-refractivity contribution < 1.29 is 36.0 Å². The number of imidazole rings is 1. The van der Waals surface area contributed by atoms with Gasteiger partial charge < -0.3 is 14.4 Å². The van der Waals surface area contributed by atoms with Crippen LogP contribution in [0.15, 0.2) is 87.3 Å². The Labute approximate surface area is 263 Å². The SMILES string of the molecule is CCNOS(=O)(=O)CCCN1C(=C(F)c2n(CC)c3ccc4ccccc4c3[n+]2CC(=O)O)Sc2ccc(-c3ccco3)cc21. The van der Waals surface area contributed by atoms with Gasteiger partial charge in [-0.15, -0.1) is 0 Å². The lowest BCUT2D eigenvalue weighted by atomic mass is 10.1. The van der Waals surface area contributed by atoms with Crippen molar-refractivity contribution in [1.29, 1.82) is 0 Å². The highest BCUT2D eigenvalue weighted by Gasteiger charge is 2.37. The maximum atomic E-state index is 17.3. The first-order valence-electron chi connectivity index (χ1n) is 14.6. The second-order valence-electron chi connectivity index (χ2n) is 10.4. The highest BCUT2D eigenvalue weighted by molar-refractivity contribution is 8.04. The molecule has 0 saturated heterocycles. The van der Waals surface area contributed by atoms with Crippen LogP contribution in [0.2, 0.25) is 0 Å². The number of aryl methyl sites for hydroxylation is 1. The first-order valence-corrected chi connectivity index (χ1v) is 16.9. The first kappa shape index (κ1) is 30.8. The number of aromatic nitrogens is 2. The van der Waals surface area contributed by atoms with E-state index in [4.69, 9.17) is 8.70 Å². The third-order valence-electron chi connectivity index (χ3n) is 7.56. The standard InChI is InChI=1S/C32H31FN4O6S2/c1-3-34-43-45(40,41)18-8-16-36-25-19-22(26-11-7-17-42-26)13-15-27(25)44-32(36)29(33)31-35(4-2)24-14-12-21-9-5-6-10-23(21)30(24)37(31)20-28(38)39/h5-7,9-15,17,19,34H,3-4,8,16,18,20H2,1-2H3/p+1. The third-order valence-corrected chi connectivity index (χ3v) is 9.88. The van der Waals surface area contributed by atoms with Crippen molar-refractivity contribution in [2.45, 2.75) is 38.3 Å². The third kappa shape index (κ3) is 5.96. The Balaban J connectivity index is 1.51. The highest BCUT2D eigenvalue weighted by Crippen LogP contribution is 2.50. The van der Waals surface area contributed by atoms with E-state index >= 15 is 4.39 Å². The molecule has 13 heteroatoms. The number of fused-ring (bicyclic) bond motifs is 4. The van der Waals surface area contributed by atoms with Crippen LogP contribution in [0.1, 0.15) is 26.1 Å². The summed E-state index contributed by atoms with van der Waals surface area (Å²) in [6.07, 6.45) is 1.72. The van der Waals surface area contributed by atoms with Gasteiger partial charge in [0, 0.05) is 28.9 Å². The molecular formula is C32H32FN4O6S2+. The molecule has 0 radical (unpaired) electrons. The summed E-state index contributed by atoms with van der Waals surface area (Å²) in [6.45, 7) is 4.03. The molecule has 0 atom stereocenters. The summed E-state index contributed by atoms with van der Waals surface area (Å²) in [7, 11) is -3.86. The van der Waals surface area contributed by atoms with E-state index in [1.807, 2.05) is 67.6 Å². The Morgan fingerprint density at radius 2 is 1.93 bits per heavy atom. The van der Waals surface area contributed by atoms with Crippen molar-refractivity contribution in [1.82, 2.24) is 10.0 Å². The van der Waals surface area contributed by atoms with E-state index in [2.05, 4.69) is 5.48 Å². The molecule has 234 valence electrons. The lowest BCUT2D eigenvalue weighted by Gasteiger charge is -2.21. The number of hydroxylamine groups is 1. The maximum Gasteiger partial charge on any atom is 0.346 e. The molecule has 0 amide bonds. The molecule has 3 aromatic carbocycles. The van der Waals surface area contributed by atoms with Gasteiger partial charge in [-0.05, 0) is 67.3 Å². The molecule has 0 fully saturated rings. The van der Waals surface area contributed by atoms with Crippen LogP contribution >= 0.6 is 11.8 Å². The molecule has 2 aromatic heterocycles. The number of thioether (sulfide) groups is 1. The van der Waals surface area contributed by atoms with Gasteiger partial charge in [0.05, 0.1) is 24.2 Å². The quantitative estimate of drug-likeness (QED) is 0.125. The second-order valence-corrected chi connectivity index (χ2v) is 13.2. The number of furan rings is 1. The minimum atomic E-state index is -3.86. The smallest absolute Gasteiger partial charge is 0.346 e. The number of hydrogen-bond acceptors (Lipinski definition) is 8. The van der Waals surface area contributed by atoms with E-state index in [1.165, 1.54) is 16.3 Å². The Morgan fingerprint density at radius 3 is 2.67 bits per heavy atom. The van der Waals surface area contributed by atoms with Gasteiger partial charge in [0.25, 0.3) is 10.1 Å². The van der Waals surface area contributed by atoms with Crippen LogP contribution in [0, 0.1) is 0 Å². The van der Waals surface area contributed by atoms with Crippen LogP contribution in [-0.2, 0) is 32.3 Å². The van der Waals surface area contributed by atoms with Gasteiger partial charge in [-0.2, -0.15) is 22.6 Å². The number of halogens is 1. The molecule has 3 heterocycles. The number of aliphatic carboxylic acids is 1. The molecule has 45 heavy (non-hydrogen) atoms. The van der Waals surface area contributed by atoms with Gasteiger partial charge in [0.2, 0.25) is 5.83 Å². The zero-order chi connectivity index (χ0) is 31.7. The van der Waals surface area contributed by atoms with Crippen LogP contribution in [0.25, 0.3) is 39.0 Å². The number of anilines is 1. The average Bonchev–Trinajstić information content (AvgIpc) is 3.76. The van der Waals surface area contributed by atoms with Gasteiger partial charge >= 0.3 is 11.8 Å². The summed E-state index contributed by atoms with van der Waals surface area (Å²) >= 11 is 1.22. The van der Waals surface area contributed by atoms with E-state index < -0.39 is 28.5 Å². The highest BCUT2D eigenvalue weighted by atomic mass is 32.2. The van der Waals surface area contributed by atoms with Gasteiger partial charge in [-0.1, -0.05) is 36.9 Å². The number of rotatable bonds is 12. The van der Waals surface area contributed by atoms with Crippen molar-refractivity contribution in [3.8, 4) is 11.3 Å². The van der Waals surface area contributed by atoms with Gasteiger partial charge in [-0.3, -0.25) is 0 Å². The fraction of sp³-hybridized carbons (Fsp3) is 0.250. The lowest BCUT2D eigenvalue weighted by molar-refractivity contribution is -0.663. The van der Waals surface area contributed by atoms with E-state index in [-0.39, 0.29) is 29.6 Å². The Bertz CT molecular complexity index is 2040. The molecule has 1 aliphatic rings. The fourth-order valence-corrected chi connectivity index (χ4v) is 7.67. The molecule has 2 N–H and O–H groups in total. The predicted molar refractivity (Wildman–Crippen MR) is 171 cm³/mol. The minimum Gasteiger partial charge on any atom is -0.478 e. The number of benzene rings is 3. The zero-order valence-corrected chi connectivity index (χ0v) is 26.3.